The van der Waals surface area contributed by atoms with Crippen LogP contribution in [0.25, 0.3) is 0 Å². The molecule has 88 valence electrons. The molecule has 2 atom stereocenters. The largest absolute Gasteiger partial charge is 0.377 e. The van der Waals surface area contributed by atoms with Gasteiger partial charge in [-0.2, -0.15) is 11.8 Å². The van der Waals surface area contributed by atoms with Gasteiger partial charge in [0.2, 0.25) is 0 Å². The van der Waals surface area contributed by atoms with E-state index in [4.69, 9.17) is 9.47 Å². The number of thioether (sulfide) groups is 1. The van der Waals surface area contributed by atoms with Crippen LogP contribution in [0.3, 0.4) is 0 Å². The molecule has 2 heterocycles. The van der Waals surface area contributed by atoms with E-state index in [1.165, 1.54) is 30.8 Å². The Balaban J connectivity index is 1.41. The van der Waals surface area contributed by atoms with E-state index in [0.29, 0.717) is 6.10 Å². The molecule has 4 heteroatoms. The molecule has 2 aliphatic rings. The first kappa shape index (κ1) is 11.7. The van der Waals surface area contributed by atoms with Crippen molar-refractivity contribution in [3.05, 3.63) is 0 Å². The van der Waals surface area contributed by atoms with E-state index >= 15 is 0 Å². The average molecular weight is 231 g/mol. The molecular weight excluding hydrogens is 210 g/mol. The summed E-state index contributed by atoms with van der Waals surface area (Å²) in [6.45, 7) is 3.51. The molecular formula is C11H21NO2S. The van der Waals surface area contributed by atoms with Gasteiger partial charge in [-0.05, 0) is 25.0 Å². The van der Waals surface area contributed by atoms with Gasteiger partial charge in [-0.25, -0.2) is 0 Å². The third-order valence-corrected chi connectivity index (χ3v) is 4.10. The molecule has 2 fully saturated rings. The molecule has 0 spiro atoms. The van der Waals surface area contributed by atoms with Crippen LogP contribution in [0.5, 0.6) is 0 Å². The van der Waals surface area contributed by atoms with Crippen molar-refractivity contribution in [3.63, 3.8) is 0 Å². The van der Waals surface area contributed by atoms with Crippen LogP contribution in [0.1, 0.15) is 19.3 Å². The Hall–Kier alpha value is 0.230. The van der Waals surface area contributed by atoms with Crippen LogP contribution in [0.2, 0.25) is 0 Å². The maximum absolute atomic E-state index is 5.58. The summed E-state index contributed by atoms with van der Waals surface area (Å²) in [5, 5.41) is 3.52. The Morgan fingerprint density at radius 1 is 1.40 bits per heavy atom. The fourth-order valence-electron chi connectivity index (χ4n) is 2.02. The van der Waals surface area contributed by atoms with E-state index in [1.54, 1.807) is 0 Å². The van der Waals surface area contributed by atoms with E-state index in [1.807, 2.05) is 11.8 Å². The van der Waals surface area contributed by atoms with Crippen LogP contribution in [0.15, 0.2) is 0 Å². The standard InChI is InChI=1S/C11H21NO2S/c1-2-11(14-5-1)8-13-6-4-12-10-3-7-15-9-10/h10-12H,1-9H2. The SMILES string of the molecule is C1COC(COCCNC2CCSC2)C1. The highest BCUT2D eigenvalue weighted by Gasteiger charge is 2.16. The lowest BCUT2D eigenvalue weighted by Crippen LogP contribution is -2.32. The van der Waals surface area contributed by atoms with E-state index in [0.717, 1.165) is 32.4 Å². The maximum atomic E-state index is 5.58. The van der Waals surface area contributed by atoms with E-state index in [2.05, 4.69) is 5.32 Å². The molecule has 2 aliphatic heterocycles. The van der Waals surface area contributed by atoms with Crippen molar-refractivity contribution in [2.45, 2.75) is 31.4 Å². The Morgan fingerprint density at radius 3 is 3.13 bits per heavy atom. The van der Waals surface area contributed by atoms with Gasteiger partial charge in [-0.15, -0.1) is 0 Å². The minimum Gasteiger partial charge on any atom is -0.377 e. The third-order valence-electron chi connectivity index (χ3n) is 2.94. The number of hydrogen-bond acceptors (Lipinski definition) is 4. The normalized spacial score (nSPS) is 31.2. The second-order valence-corrected chi connectivity index (χ2v) is 5.37. The quantitative estimate of drug-likeness (QED) is 0.698. The van der Waals surface area contributed by atoms with Gasteiger partial charge in [0.25, 0.3) is 0 Å². The average Bonchev–Trinajstić information content (AvgIpc) is 2.88. The van der Waals surface area contributed by atoms with Crippen molar-refractivity contribution in [1.29, 1.82) is 0 Å². The summed E-state index contributed by atoms with van der Waals surface area (Å²) in [7, 11) is 0. The summed E-state index contributed by atoms with van der Waals surface area (Å²) in [5.74, 6) is 2.58. The molecule has 2 saturated heterocycles. The molecule has 0 aromatic rings. The highest BCUT2D eigenvalue weighted by Crippen LogP contribution is 2.16. The van der Waals surface area contributed by atoms with Crippen molar-refractivity contribution in [1.82, 2.24) is 5.32 Å². The summed E-state index contributed by atoms with van der Waals surface area (Å²) in [5.41, 5.74) is 0. The molecule has 2 unspecified atom stereocenters. The first-order valence-corrected chi connectivity index (χ1v) is 7.11. The van der Waals surface area contributed by atoms with E-state index in [-0.39, 0.29) is 0 Å². The predicted octanol–water partition coefficient (Wildman–Crippen LogP) is 1.28. The van der Waals surface area contributed by atoms with Crippen LogP contribution in [-0.2, 0) is 9.47 Å². The molecule has 3 nitrogen and oxygen atoms in total. The van der Waals surface area contributed by atoms with Gasteiger partial charge in [0, 0.05) is 24.9 Å². The van der Waals surface area contributed by atoms with Crippen molar-refractivity contribution >= 4 is 11.8 Å². The molecule has 0 saturated carbocycles. The number of ether oxygens (including phenoxy) is 2. The van der Waals surface area contributed by atoms with Gasteiger partial charge >= 0.3 is 0 Å². The molecule has 0 radical (unpaired) electrons. The first-order chi connectivity index (χ1) is 7.45. The second-order valence-electron chi connectivity index (χ2n) is 4.22. The van der Waals surface area contributed by atoms with Gasteiger partial charge in [0.05, 0.1) is 19.3 Å². The molecule has 2 rings (SSSR count). The summed E-state index contributed by atoms with van der Waals surface area (Å²) in [6, 6.07) is 0.723. The van der Waals surface area contributed by atoms with Crippen molar-refractivity contribution in [2.75, 3.05) is 37.9 Å². The fraction of sp³-hybridized carbons (Fsp3) is 1.00. The lowest BCUT2D eigenvalue weighted by Gasteiger charge is -2.13. The van der Waals surface area contributed by atoms with Crippen LogP contribution < -0.4 is 5.32 Å². The van der Waals surface area contributed by atoms with Crippen LogP contribution in [0.4, 0.5) is 0 Å². The number of nitrogens with one attached hydrogen (secondary N) is 1. The smallest absolute Gasteiger partial charge is 0.0809 e. The molecule has 0 bridgehead atoms. The topological polar surface area (TPSA) is 30.5 Å². The van der Waals surface area contributed by atoms with E-state index in [9.17, 15) is 0 Å². The molecule has 15 heavy (non-hydrogen) atoms. The van der Waals surface area contributed by atoms with Gasteiger partial charge in [-0.3, -0.25) is 0 Å². The van der Waals surface area contributed by atoms with Crippen molar-refractivity contribution < 1.29 is 9.47 Å². The Bertz CT molecular complexity index is 150. The molecule has 0 aromatic carbocycles. The Labute approximate surface area is 96.3 Å². The zero-order chi connectivity index (χ0) is 10.3. The summed E-state index contributed by atoms with van der Waals surface area (Å²) in [6.07, 6.45) is 4.06. The van der Waals surface area contributed by atoms with E-state index < -0.39 is 0 Å². The molecule has 0 aromatic heterocycles. The number of rotatable bonds is 6. The van der Waals surface area contributed by atoms with Gasteiger partial charge < -0.3 is 14.8 Å². The molecule has 0 aliphatic carbocycles. The zero-order valence-corrected chi connectivity index (χ0v) is 10.1. The number of hydrogen-bond donors (Lipinski definition) is 1. The second kappa shape index (κ2) is 6.74. The first-order valence-electron chi connectivity index (χ1n) is 5.95. The van der Waals surface area contributed by atoms with Crippen LogP contribution in [0, 0.1) is 0 Å². The fourth-order valence-corrected chi connectivity index (χ4v) is 3.21. The van der Waals surface area contributed by atoms with Gasteiger partial charge in [0.1, 0.15) is 0 Å². The highest BCUT2D eigenvalue weighted by molar-refractivity contribution is 7.99. The van der Waals surface area contributed by atoms with Crippen LogP contribution >= 0.6 is 11.8 Å². The van der Waals surface area contributed by atoms with Crippen LogP contribution in [-0.4, -0.2) is 50.0 Å². The Morgan fingerprint density at radius 2 is 2.40 bits per heavy atom. The van der Waals surface area contributed by atoms with Crippen molar-refractivity contribution in [2.24, 2.45) is 0 Å². The highest BCUT2D eigenvalue weighted by atomic mass is 32.2. The predicted molar refractivity (Wildman–Crippen MR) is 63.5 cm³/mol. The van der Waals surface area contributed by atoms with Gasteiger partial charge in [-0.1, -0.05) is 0 Å². The lowest BCUT2D eigenvalue weighted by atomic mass is 10.2. The lowest BCUT2D eigenvalue weighted by molar-refractivity contribution is 0.0180. The van der Waals surface area contributed by atoms with Gasteiger partial charge in [0.15, 0.2) is 0 Å². The summed E-state index contributed by atoms with van der Waals surface area (Å²) in [4.78, 5) is 0. The maximum Gasteiger partial charge on any atom is 0.0809 e. The third kappa shape index (κ3) is 4.31. The summed E-state index contributed by atoms with van der Waals surface area (Å²) >= 11 is 2.04. The monoisotopic (exact) mass is 231 g/mol. The molecule has 0 amide bonds. The summed E-state index contributed by atoms with van der Waals surface area (Å²) < 4.78 is 11.1. The van der Waals surface area contributed by atoms with Crippen molar-refractivity contribution in [3.8, 4) is 0 Å². The zero-order valence-electron chi connectivity index (χ0n) is 9.24. The molecule has 1 N–H and O–H groups in total. The minimum absolute atomic E-state index is 0.368. The Kier molecular flexibility index (Phi) is 5.26. The minimum atomic E-state index is 0.368.